The maximum Gasteiger partial charge on any atom is 0.304 e. The first kappa shape index (κ1) is 8.65. The summed E-state index contributed by atoms with van der Waals surface area (Å²) in [4.78, 5) is 10.1. The zero-order chi connectivity index (χ0) is 7.11. The number of hydrogen-bond donors (Lipinski definition) is 1. The van der Waals surface area contributed by atoms with Crippen molar-refractivity contribution in [2.75, 3.05) is 6.73 Å². The molecule has 4 heteroatoms. The molecule has 2 N–H and O–H groups in total. The molecule has 0 aromatic heterocycles. The zero-order valence-corrected chi connectivity index (χ0v) is 5.54. The molecule has 0 heterocycles. The third-order valence-corrected chi connectivity index (χ3v) is 1.01. The van der Waals surface area contributed by atoms with Gasteiger partial charge in [0.05, 0.1) is 6.73 Å². The van der Waals surface area contributed by atoms with Gasteiger partial charge in [-0.2, -0.15) is 0 Å². The van der Waals surface area contributed by atoms with Crippen molar-refractivity contribution in [3.05, 3.63) is 0 Å². The van der Waals surface area contributed by atoms with Gasteiger partial charge in [-0.1, -0.05) is 13.3 Å². The number of carbonyl (C=O) groups is 1. The Morgan fingerprint density at radius 2 is 2.56 bits per heavy atom. The van der Waals surface area contributed by atoms with E-state index < -0.39 is 0 Å². The Balaban J connectivity index is 3.20. The molecule has 0 saturated heterocycles. The molecule has 0 spiro atoms. The van der Waals surface area contributed by atoms with Crippen LogP contribution in [0.15, 0.2) is 0 Å². The molecule has 3 nitrogen and oxygen atoms in total. The van der Waals surface area contributed by atoms with E-state index in [2.05, 4.69) is 0 Å². The molecule has 51 valence electrons. The van der Waals surface area contributed by atoms with E-state index >= 15 is 0 Å². The summed E-state index contributed by atoms with van der Waals surface area (Å²) in [6.45, 7) is 2.06. The fourth-order valence-corrected chi connectivity index (χ4v) is 0.404. The van der Waals surface area contributed by atoms with Crippen molar-refractivity contribution >= 4 is 13.8 Å². The van der Waals surface area contributed by atoms with Crippen LogP contribution in [0.3, 0.4) is 0 Å². The molecule has 0 aromatic rings. The highest BCUT2D eigenvalue weighted by molar-refractivity contribution is 6.35. The Bertz CT molecular complexity index is 79.4. The minimum Gasteiger partial charge on any atom is -0.428 e. The quantitative estimate of drug-likeness (QED) is 0.320. The second kappa shape index (κ2) is 5.79. The summed E-state index contributed by atoms with van der Waals surface area (Å²) < 4.78 is 4.70. The number of nitrogens with two attached hydrogens (primary N) is 1. The predicted molar refractivity (Wildman–Crippen MR) is 36.0 cm³/mol. The largest absolute Gasteiger partial charge is 0.428 e. The molecule has 0 rings (SSSR count). The first-order chi connectivity index (χ1) is 4.35. The second-order valence-electron chi connectivity index (χ2n) is 1.68. The van der Waals surface area contributed by atoms with Crippen LogP contribution in [-0.2, 0) is 9.45 Å². The van der Waals surface area contributed by atoms with E-state index in [1.807, 2.05) is 6.92 Å². The predicted octanol–water partition coefficient (Wildman–Crippen LogP) is -0.0642. The fourth-order valence-electron chi connectivity index (χ4n) is 0.404. The van der Waals surface area contributed by atoms with Crippen molar-refractivity contribution in [1.29, 1.82) is 0 Å². The molecule has 0 aliphatic carbocycles. The van der Waals surface area contributed by atoms with Gasteiger partial charge in [0.25, 0.3) is 0 Å². The van der Waals surface area contributed by atoms with E-state index in [1.54, 1.807) is 0 Å². The lowest BCUT2D eigenvalue weighted by atomic mass is 9.79. The molecule has 1 atom stereocenters. The lowest BCUT2D eigenvalue weighted by molar-refractivity contribution is -0.108. The minimum absolute atomic E-state index is 0.103. The summed E-state index contributed by atoms with van der Waals surface area (Å²) in [5.74, 6) is -0.103. The lowest BCUT2D eigenvalue weighted by Crippen LogP contribution is -2.13. The van der Waals surface area contributed by atoms with Crippen LogP contribution in [0.5, 0.6) is 0 Å². The molecular weight excluding hydrogens is 117 g/mol. The van der Waals surface area contributed by atoms with E-state index in [1.165, 1.54) is 7.48 Å². The molecule has 0 unspecified atom stereocenters. The summed E-state index contributed by atoms with van der Waals surface area (Å²) in [6, 6.07) is 0. The van der Waals surface area contributed by atoms with Gasteiger partial charge in [0.2, 0.25) is 0 Å². The molecule has 1 radical (unpaired) electrons. The highest BCUT2D eigenvalue weighted by atomic mass is 16.4. The number of carbonyl (C=O) groups excluding carboxylic acids is 1. The molecule has 0 aromatic carbocycles. The summed E-state index contributed by atoms with van der Waals surface area (Å²) in [7, 11) is 1.47. The smallest absolute Gasteiger partial charge is 0.304 e. The number of aldehydes is 1. The van der Waals surface area contributed by atoms with Gasteiger partial charge in [0.15, 0.2) is 0 Å². The maximum absolute atomic E-state index is 10.1. The third-order valence-electron chi connectivity index (χ3n) is 1.01. The highest BCUT2D eigenvalue weighted by Gasteiger charge is 2.05. The van der Waals surface area contributed by atoms with Gasteiger partial charge in [0, 0.05) is 5.82 Å². The van der Waals surface area contributed by atoms with Crippen molar-refractivity contribution in [3.8, 4) is 0 Å². The van der Waals surface area contributed by atoms with Crippen molar-refractivity contribution in [2.24, 2.45) is 5.73 Å². The van der Waals surface area contributed by atoms with Gasteiger partial charge >= 0.3 is 7.48 Å². The first-order valence-corrected chi connectivity index (χ1v) is 2.95. The minimum atomic E-state index is -0.103. The molecule has 0 aliphatic heterocycles. The van der Waals surface area contributed by atoms with E-state index in [0.717, 1.165) is 12.7 Å². The van der Waals surface area contributed by atoms with Crippen LogP contribution in [-0.4, -0.2) is 20.5 Å². The van der Waals surface area contributed by atoms with E-state index in [9.17, 15) is 4.79 Å². The molecule has 0 saturated carbocycles. The Morgan fingerprint density at radius 3 is 2.89 bits per heavy atom. The monoisotopic (exact) mass is 128 g/mol. The number of rotatable bonds is 5. The molecule has 9 heavy (non-hydrogen) atoms. The average molecular weight is 128 g/mol. The fraction of sp³-hybridized carbons (Fsp3) is 0.800. The van der Waals surface area contributed by atoms with Crippen molar-refractivity contribution in [3.63, 3.8) is 0 Å². The maximum atomic E-state index is 10.1. The highest BCUT2D eigenvalue weighted by Crippen LogP contribution is 2.02. The third kappa shape index (κ3) is 4.18. The topological polar surface area (TPSA) is 52.3 Å². The lowest BCUT2D eigenvalue weighted by Gasteiger charge is -2.02. The molecule has 0 amide bonds. The van der Waals surface area contributed by atoms with Gasteiger partial charge < -0.3 is 15.2 Å². The van der Waals surface area contributed by atoms with Crippen LogP contribution < -0.4 is 5.73 Å². The normalized spacial score (nSPS) is 12.7. The van der Waals surface area contributed by atoms with Gasteiger partial charge in [-0.15, -0.1) is 0 Å². The molecular formula is C5H11BNO2. The Labute approximate surface area is 55.8 Å². The molecule has 0 fully saturated rings. The van der Waals surface area contributed by atoms with E-state index in [4.69, 9.17) is 10.4 Å². The van der Waals surface area contributed by atoms with Crippen molar-refractivity contribution in [1.82, 2.24) is 0 Å². The van der Waals surface area contributed by atoms with Crippen molar-refractivity contribution in [2.45, 2.75) is 19.2 Å². The van der Waals surface area contributed by atoms with Crippen LogP contribution >= 0.6 is 0 Å². The summed E-state index contributed by atoms with van der Waals surface area (Å²) in [6.07, 6.45) is 1.61. The van der Waals surface area contributed by atoms with Crippen LogP contribution in [0.25, 0.3) is 0 Å². The Kier molecular flexibility index (Phi) is 5.56. The van der Waals surface area contributed by atoms with Crippen LogP contribution in [0.4, 0.5) is 0 Å². The van der Waals surface area contributed by atoms with Gasteiger partial charge in [-0.3, -0.25) is 0 Å². The molecule has 0 aliphatic rings. The van der Waals surface area contributed by atoms with Crippen LogP contribution in [0.2, 0.25) is 5.82 Å². The van der Waals surface area contributed by atoms with Crippen LogP contribution in [0, 0.1) is 0 Å². The summed E-state index contributed by atoms with van der Waals surface area (Å²) in [5.41, 5.74) is 5.02. The summed E-state index contributed by atoms with van der Waals surface area (Å²) >= 11 is 0. The van der Waals surface area contributed by atoms with E-state index in [-0.39, 0.29) is 12.5 Å². The van der Waals surface area contributed by atoms with Gasteiger partial charge in [-0.05, 0) is 0 Å². The van der Waals surface area contributed by atoms with Crippen molar-refractivity contribution < 1.29 is 9.45 Å². The van der Waals surface area contributed by atoms with Gasteiger partial charge in [0.1, 0.15) is 6.29 Å². The second-order valence-corrected chi connectivity index (χ2v) is 1.68. The zero-order valence-electron chi connectivity index (χ0n) is 5.54. The van der Waals surface area contributed by atoms with Gasteiger partial charge in [-0.25, -0.2) is 0 Å². The Hall–Kier alpha value is -0.345. The average Bonchev–Trinajstić information content (AvgIpc) is 1.91. The molecule has 0 bridgehead atoms. The summed E-state index contributed by atoms with van der Waals surface area (Å²) in [5, 5.41) is 0. The number of hydrogen-bond acceptors (Lipinski definition) is 3. The van der Waals surface area contributed by atoms with E-state index in [0.29, 0.717) is 0 Å². The van der Waals surface area contributed by atoms with Crippen LogP contribution in [0.1, 0.15) is 13.3 Å². The first-order valence-electron chi connectivity index (χ1n) is 2.95. The SMILES string of the molecule is CC[C@H]([B]OCN)C=O. The Morgan fingerprint density at radius 1 is 1.89 bits per heavy atom. The standard InChI is InChI=1S/C5H11BNO2/c1-2-5(3-8)6-9-4-7/h3,5H,2,4,7H2,1H3/t5-/m0/s1.